The Hall–Kier alpha value is -1.20. The van der Waals surface area contributed by atoms with Gasteiger partial charge >= 0.3 is 0 Å². The Morgan fingerprint density at radius 1 is 1.15 bits per heavy atom. The zero-order valence-corrected chi connectivity index (χ0v) is 18.5. The highest BCUT2D eigenvalue weighted by molar-refractivity contribution is 7.94. The van der Waals surface area contributed by atoms with Gasteiger partial charge in [-0.2, -0.15) is 0 Å². The van der Waals surface area contributed by atoms with Gasteiger partial charge in [-0.25, -0.2) is 21.8 Å². The van der Waals surface area contributed by atoms with Crippen LogP contribution in [0.3, 0.4) is 0 Å². The van der Waals surface area contributed by atoms with Gasteiger partial charge in [-0.1, -0.05) is 29.9 Å². The van der Waals surface area contributed by atoms with E-state index in [1.165, 1.54) is 31.2 Å². The van der Waals surface area contributed by atoms with E-state index in [2.05, 4.69) is 10.3 Å². The van der Waals surface area contributed by atoms with Gasteiger partial charge in [-0.05, 0) is 51.3 Å². The Balaban J connectivity index is 2.44. The quantitative estimate of drug-likeness (QED) is 0.585. The van der Waals surface area contributed by atoms with Gasteiger partial charge in [-0.3, -0.25) is 0 Å². The molecule has 11 heteroatoms. The molecule has 7 nitrogen and oxygen atoms in total. The summed E-state index contributed by atoms with van der Waals surface area (Å²) >= 11 is 6.67. The van der Waals surface area contributed by atoms with Gasteiger partial charge in [0.05, 0.1) is 10.6 Å². The number of rotatable bonds is 9. The molecule has 0 radical (unpaired) electrons. The summed E-state index contributed by atoms with van der Waals surface area (Å²) in [6, 6.07) is 5.69. The van der Waals surface area contributed by atoms with E-state index in [0.29, 0.717) is 11.6 Å². The third-order valence-corrected chi connectivity index (χ3v) is 8.95. The van der Waals surface area contributed by atoms with Crippen molar-refractivity contribution in [2.24, 2.45) is 0 Å². The molecular weight excluding hydrogens is 430 g/mol. The van der Waals surface area contributed by atoms with Crippen LogP contribution in [0, 0.1) is 0 Å². The Morgan fingerprint density at radius 2 is 1.78 bits per heavy atom. The Bertz CT molecular complexity index is 984. The number of anilines is 1. The highest BCUT2D eigenvalue weighted by atomic mass is 35.5. The molecule has 0 aliphatic carbocycles. The van der Waals surface area contributed by atoms with Crippen molar-refractivity contribution in [3.63, 3.8) is 0 Å². The number of thiazole rings is 1. The zero-order chi connectivity index (χ0) is 20.2. The summed E-state index contributed by atoms with van der Waals surface area (Å²) in [6.45, 7) is 2.80. The molecule has 0 aliphatic heterocycles. The third-order valence-electron chi connectivity index (χ3n) is 3.67. The summed E-state index contributed by atoms with van der Waals surface area (Å²) in [5.41, 5.74) is 0. The van der Waals surface area contributed by atoms with Crippen molar-refractivity contribution < 1.29 is 16.8 Å². The summed E-state index contributed by atoms with van der Waals surface area (Å²) in [5.74, 6) is -0.152. The van der Waals surface area contributed by atoms with Gasteiger partial charge in [0.25, 0.3) is 0 Å². The van der Waals surface area contributed by atoms with Crippen LogP contribution < -0.4 is 5.32 Å². The lowest BCUT2D eigenvalue weighted by atomic mass is 10.4. The standard InChI is InChI=1S/C16H22ClN3O4S3/c1-4-26(21,22)16-19-15(14(25-16)18-10-5-11-20(2)3)27(23,24)13-8-6-12(17)7-9-13/h6-9,18H,4-5,10-11H2,1-3H3. The van der Waals surface area contributed by atoms with E-state index in [9.17, 15) is 16.8 Å². The van der Waals surface area contributed by atoms with Gasteiger partial charge < -0.3 is 10.2 Å². The number of hydrogen-bond acceptors (Lipinski definition) is 8. The number of halogens is 1. The van der Waals surface area contributed by atoms with Crippen molar-refractivity contribution in [3.8, 4) is 0 Å². The van der Waals surface area contributed by atoms with Crippen LogP contribution in [0.15, 0.2) is 38.5 Å². The molecular formula is C16H22ClN3O4S3. The highest BCUT2D eigenvalue weighted by Crippen LogP contribution is 2.35. The van der Waals surface area contributed by atoms with Crippen molar-refractivity contribution in [1.29, 1.82) is 0 Å². The molecule has 27 heavy (non-hydrogen) atoms. The number of benzene rings is 1. The first-order valence-electron chi connectivity index (χ1n) is 8.20. The van der Waals surface area contributed by atoms with Crippen LogP contribution in [0.4, 0.5) is 5.00 Å². The van der Waals surface area contributed by atoms with Gasteiger partial charge in [-0.15, -0.1) is 0 Å². The van der Waals surface area contributed by atoms with Crippen LogP contribution in [-0.2, 0) is 19.7 Å². The molecule has 0 fully saturated rings. The minimum absolute atomic E-state index is 0.00832. The van der Waals surface area contributed by atoms with Crippen LogP contribution in [0.2, 0.25) is 5.02 Å². The summed E-state index contributed by atoms with van der Waals surface area (Å²) in [5, 5.41) is 3.40. The normalized spacial score (nSPS) is 12.5. The SMILES string of the molecule is CCS(=O)(=O)c1nc(S(=O)(=O)c2ccc(Cl)cc2)c(NCCCN(C)C)s1. The minimum Gasteiger partial charge on any atom is -0.374 e. The van der Waals surface area contributed by atoms with Crippen molar-refractivity contribution in [2.75, 3.05) is 38.3 Å². The number of nitrogens with one attached hydrogen (secondary N) is 1. The molecule has 0 spiro atoms. The van der Waals surface area contributed by atoms with Gasteiger partial charge in [0.2, 0.25) is 24.0 Å². The second-order valence-electron chi connectivity index (χ2n) is 6.06. The maximum Gasteiger partial charge on any atom is 0.226 e. The molecule has 150 valence electrons. The predicted octanol–water partition coefficient (Wildman–Crippen LogP) is 2.79. The van der Waals surface area contributed by atoms with E-state index in [-0.39, 0.29) is 25.0 Å². The van der Waals surface area contributed by atoms with Crippen LogP contribution in [-0.4, -0.2) is 59.7 Å². The summed E-state index contributed by atoms with van der Waals surface area (Å²) in [6.07, 6.45) is 0.765. The average molecular weight is 452 g/mol. The maximum absolute atomic E-state index is 13.0. The van der Waals surface area contributed by atoms with Crippen LogP contribution in [0.25, 0.3) is 0 Å². The number of aromatic nitrogens is 1. The van der Waals surface area contributed by atoms with Crippen molar-refractivity contribution in [1.82, 2.24) is 9.88 Å². The first-order chi connectivity index (χ1) is 12.6. The molecule has 1 aromatic carbocycles. The lowest BCUT2D eigenvalue weighted by molar-refractivity contribution is 0.405. The largest absolute Gasteiger partial charge is 0.374 e. The fraction of sp³-hybridized carbons (Fsp3) is 0.438. The fourth-order valence-corrected chi connectivity index (χ4v) is 6.31. The van der Waals surface area contributed by atoms with Crippen LogP contribution >= 0.6 is 22.9 Å². The first kappa shape index (κ1) is 22.1. The topological polar surface area (TPSA) is 96.4 Å². The molecule has 1 heterocycles. The lowest BCUT2D eigenvalue weighted by Crippen LogP contribution is -2.16. The van der Waals surface area contributed by atoms with Gasteiger partial charge in [0.1, 0.15) is 5.00 Å². The van der Waals surface area contributed by atoms with E-state index in [1.807, 2.05) is 19.0 Å². The predicted molar refractivity (Wildman–Crippen MR) is 108 cm³/mol. The molecule has 0 atom stereocenters. The smallest absolute Gasteiger partial charge is 0.226 e. The second-order valence-corrected chi connectivity index (χ2v) is 11.8. The molecule has 0 saturated carbocycles. The van der Waals surface area contributed by atoms with E-state index in [1.54, 1.807) is 0 Å². The number of sulfone groups is 2. The number of hydrogen-bond donors (Lipinski definition) is 1. The van der Waals surface area contributed by atoms with E-state index < -0.39 is 19.7 Å². The van der Waals surface area contributed by atoms with E-state index in [4.69, 9.17) is 11.6 Å². The molecule has 1 N–H and O–H groups in total. The molecule has 0 bridgehead atoms. The fourth-order valence-electron chi connectivity index (χ4n) is 2.16. The Morgan fingerprint density at radius 3 is 2.33 bits per heavy atom. The van der Waals surface area contributed by atoms with Gasteiger partial charge in [0.15, 0.2) is 5.03 Å². The van der Waals surface area contributed by atoms with E-state index in [0.717, 1.165) is 24.3 Å². The number of nitrogens with zero attached hydrogens (tertiary/aromatic N) is 2. The molecule has 0 saturated heterocycles. The molecule has 0 unspecified atom stereocenters. The van der Waals surface area contributed by atoms with Crippen molar-refractivity contribution in [3.05, 3.63) is 29.3 Å². The van der Waals surface area contributed by atoms with Crippen LogP contribution in [0.5, 0.6) is 0 Å². The molecule has 2 rings (SSSR count). The molecule has 0 amide bonds. The molecule has 1 aromatic heterocycles. The van der Waals surface area contributed by atoms with Crippen LogP contribution in [0.1, 0.15) is 13.3 Å². The Kier molecular flexibility index (Phi) is 7.26. The highest BCUT2D eigenvalue weighted by Gasteiger charge is 2.29. The first-order valence-corrected chi connectivity index (χ1v) is 12.5. The maximum atomic E-state index is 13.0. The summed E-state index contributed by atoms with van der Waals surface area (Å²) in [7, 11) is -3.72. The average Bonchev–Trinajstić information content (AvgIpc) is 3.05. The van der Waals surface area contributed by atoms with Gasteiger partial charge in [0, 0.05) is 11.6 Å². The summed E-state index contributed by atoms with van der Waals surface area (Å²) < 4.78 is 50.2. The van der Waals surface area contributed by atoms with E-state index >= 15 is 0 Å². The minimum atomic E-state index is -3.98. The Labute approximate surface area is 169 Å². The molecule has 2 aromatic rings. The zero-order valence-electron chi connectivity index (χ0n) is 15.3. The molecule has 0 aliphatic rings. The monoisotopic (exact) mass is 451 g/mol. The van der Waals surface area contributed by atoms with Crippen molar-refractivity contribution in [2.45, 2.75) is 27.6 Å². The van der Waals surface area contributed by atoms with Crippen molar-refractivity contribution >= 4 is 47.6 Å². The summed E-state index contributed by atoms with van der Waals surface area (Å²) in [4.78, 5) is 5.99. The third kappa shape index (κ3) is 5.41. The lowest BCUT2D eigenvalue weighted by Gasteiger charge is -2.10. The second kappa shape index (κ2) is 8.87.